The molecule has 6 N–H and O–H groups in total. The van der Waals surface area contributed by atoms with Crippen LogP contribution in [0.25, 0.3) is 11.3 Å². The number of alkyl halides is 3. The maximum Gasteiger partial charge on any atom is 0.424 e. The molecule has 3 heterocycles. The third-order valence-electron chi connectivity index (χ3n) is 6.41. The van der Waals surface area contributed by atoms with Crippen molar-refractivity contribution in [2.75, 3.05) is 13.2 Å². The first kappa shape index (κ1) is 27.4. The van der Waals surface area contributed by atoms with Crippen molar-refractivity contribution in [3.05, 3.63) is 77.0 Å². The maximum atomic E-state index is 14.4. The summed E-state index contributed by atoms with van der Waals surface area (Å²) >= 11 is 0. The fraction of sp³-hybridized carbons (Fsp3) is 0.240. The third-order valence-corrected chi connectivity index (χ3v) is 6.41. The molecule has 0 spiro atoms. The lowest BCUT2D eigenvalue weighted by Crippen LogP contribution is -2.52. The summed E-state index contributed by atoms with van der Waals surface area (Å²) in [5.74, 6) is -3.64. The predicted octanol–water partition coefficient (Wildman–Crippen LogP) is 1.70. The zero-order valence-electron chi connectivity index (χ0n) is 20.2. The Morgan fingerprint density at radius 1 is 1.13 bits per heavy atom. The van der Waals surface area contributed by atoms with Gasteiger partial charge in [-0.3, -0.25) is 19.4 Å². The average Bonchev–Trinajstić information content (AvgIpc) is 3.24. The van der Waals surface area contributed by atoms with Crippen LogP contribution in [-0.4, -0.2) is 52.1 Å². The molecule has 0 fully saturated rings. The summed E-state index contributed by atoms with van der Waals surface area (Å²) in [6.07, 6.45) is -4.33. The summed E-state index contributed by atoms with van der Waals surface area (Å²) in [4.78, 5) is 43.9. The van der Waals surface area contributed by atoms with Crippen LogP contribution in [0.3, 0.4) is 0 Å². The van der Waals surface area contributed by atoms with Crippen LogP contribution in [0, 0.1) is 5.82 Å². The van der Waals surface area contributed by atoms with Crippen LogP contribution in [0.5, 0.6) is 5.75 Å². The van der Waals surface area contributed by atoms with E-state index < -0.39 is 58.7 Å². The number of nitrogens with two attached hydrogens (primary N) is 2. The van der Waals surface area contributed by atoms with Crippen molar-refractivity contribution in [1.82, 2.24) is 15.3 Å². The van der Waals surface area contributed by atoms with Crippen molar-refractivity contribution in [2.45, 2.75) is 24.1 Å². The highest BCUT2D eigenvalue weighted by Gasteiger charge is 2.57. The second-order valence-corrected chi connectivity index (χ2v) is 9.06. The quantitative estimate of drug-likeness (QED) is 0.326. The van der Waals surface area contributed by atoms with E-state index in [1.54, 1.807) is 0 Å². The van der Waals surface area contributed by atoms with E-state index >= 15 is 0 Å². The van der Waals surface area contributed by atoms with E-state index in [4.69, 9.17) is 16.2 Å². The topological polar surface area (TPSA) is 171 Å². The number of amides is 3. The smallest absolute Gasteiger partial charge is 0.424 e. The van der Waals surface area contributed by atoms with Gasteiger partial charge in [0.25, 0.3) is 5.91 Å². The summed E-state index contributed by atoms with van der Waals surface area (Å²) in [7, 11) is 0. The highest BCUT2D eigenvalue weighted by atomic mass is 19.4. The maximum absolute atomic E-state index is 14.4. The number of rotatable bonds is 7. The van der Waals surface area contributed by atoms with Crippen molar-refractivity contribution in [1.29, 1.82) is 0 Å². The lowest BCUT2D eigenvalue weighted by Gasteiger charge is -2.31. The van der Waals surface area contributed by atoms with E-state index in [-0.39, 0.29) is 34.7 Å². The number of hydrogen-bond donors (Lipinski definition) is 4. The Hall–Kier alpha value is -4.59. The second-order valence-electron chi connectivity index (χ2n) is 9.06. The lowest BCUT2D eigenvalue weighted by molar-refractivity contribution is -0.265. The normalized spacial score (nSPS) is 18.0. The number of aromatic nitrogens is 2. The minimum atomic E-state index is -5.40. The fourth-order valence-electron chi connectivity index (χ4n) is 3.95. The molecule has 0 radical (unpaired) electrons. The number of hydrogen-bond acceptors (Lipinski definition) is 7. The predicted molar refractivity (Wildman–Crippen MR) is 127 cm³/mol. The van der Waals surface area contributed by atoms with Crippen molar-refractivity contribution in [3.8, 4) is 17.0 Å². The largest absolute Gasteiger partial charge is 0.489 e. The van der Waals surface area contributed by atoms with Gasteiger partial charge in [0.2, 0.25) is 17.4 Å². The fourth-order valence-corrected chi connectivity index (χ4v) is 3.95. The molecule has 4 rings (SSSR count). The molecule has 204 valence electrons. The molecule has 39 heavy (non-hydrogen) atoms. The van der Waals surface area contributed by atoms with E-state index in [2.05, 4.69) is 9.97 Å². The first-order valence-corrected chi connectivity index (χ1v) is 11.2. The number of pyridine rings is 2. The van der Waals surface area contributed by atoms with Crippen LogP contribution < -0.4 is 21.5 Å². The van der Waals surface area contributed by atoms with Gasteiger partial charge in [0.1, 0.15) is 35.0 Å². The molecule has 1 aliphatic heterocycles. The minimum Gasteiger partial charge on any atom is -0.489 e. The first-order chi connectivity index (χ1) is 18.2. The molecule has 2 atom stereocenters. The van der Waals surface area contributed by atoms with Crippen LogP contribution in [0.15, 0.2) is 48.7 Å². The summed E-state index contributed by atoms with van der Waals surface area (Å²) in [5.41, 5.74) is 3.63. The van der Waals surface area contributed by atoms with Crippen LogP contribution in [0.4, 0.5) is 17.6 Å². The molecular formula is C25H21F4N5O5. The van der Waals surface area contributed by atoms with Crippen LogP contribution in [-0.2, 0) is 15.8 Å². The van der Waals surface area contributed by atoms with E-state index in [1.165, 1.54) is 25.1 Å². The molecule has 1 unspecified atom stereocenters. The molecule has 0 saturated carbocycles. The molecular weight excluding hydrogens is 526 g/mol. The third kappa shape index (κ3) is 4.85. The van der Waals surface area contributed by atoms with Crippen LogP contribution in [0.1, 0.15) is 39.0 Å². The Morgan fingerprint density at radius 3 is 2.38 bits per heavy atom. The van der Waals surface area contributed by atoms with Gasteiger partial charge in [0.05, 0.1) is 12.2 Å². The van der Waals surface area contributed by atoms with Gasteiger partial charge in [-0.15, -0.1) is 0 Å². The Morgan fingerprint density at radius 2 is 1.79 bits per heavy atom. The van der Waals surface area contributed by atoms with Gasteiger partial charge in [-0.05, 0) is 49.4 Å². The Labute approximate surface area is 218 Å². The van der Waals surface area contributed by atoms with E-state index in [1.807, 2.05) is 5.32 Å². The molecule has 10 nitrogen and oxygen atoms in total. The lowest BCUT2D eigenvalue weighted by atomic mass is 9.81. The summed E-state index contributed by atoms with van der Waals surface area (Å²) in [6, 6.07) is 7.57. The molecule has 1 aliphatic rings. The average molecular weight is 547 g/mol. The SMILES string of the molecule is C[C@]1(C(N)=O)COc2c1cc(C(O)(CNC(=O)c1cc(C(N)=O)ccn1)C(F)(F)F)nc2-c1ccc(F)cc1. The number of carbonyl (C=O) groups excluding carboxylic acids is 3. The zero-order chi connectivity index (χ0) is 28.8. The molecule has 3 aromatic rings. The molecule has 0 bridgehead atoms. The molecule has 0 saturated heterocycles. The van der Waals surface area contributed by atoms with Crippen LogP contribution >= 0.6 is 0 Å². The standard InChI is InChI=1S/C25H21F4N5O5/c1-23(22(31)37)11-39-19-15(23)9-17(34-18(19)12-2-4-14(26)5-3-12)24(38,25(27,28)29)10-33-21(36)16-8-13(20(30)35)6-7-32-16/h2-9,38H,10-11H2,1H3,(H2,30,35)(H2,31,37)(H,33,36)/t23-,24?/m0/s1. The van der Waals surface area contributed by atoms with Crippen molar-refractivity contribution in [3.63, 3.8) is 0 Å². The van der Waals surface area contributed by atoms with Crippen molar-refractivity contribution < 1.29 is 41.8 Å². The van der Waals surface area contributed by atoms with E-state index in [0.717, 1.165) is 30.5 Å². The number of nitrogens with one attached hydrogen (secondary N) is 1. The number of fused-ring (bicyclic) bond motifs is 1. The number of halogens is 4. The van der Waals surface area contributed by atoms with E-state index in [9.17, 15) is 37.1 Å². The van der Waals surface area contributed by atoms with Gasteiger partial charge in [0.15, 0.2) is 0 Å². The number of aliphatic hydroxyl groups is 1. The summed E-state index contributed by atoms with van der Waals surface area (Å²) in [6.45, 7) is -0.397. The van der Waals surface area contributed by atoms with E-state index in [0.29, 0.717) is 0 Å². The Balaban J connectivity index is 1.82. The number of carbonyl (C=O) groups is 3. The molecule has 3 amide bonds. The number of nitrogens with zero attached hydrogens (tertiary/aromatic N) is 2. The first-order valence-electron chi connectivity index (χ1n) is 11.2. The number of ether oxygens (including phenoxy) is 1. The highest BCUT2D eigenvalue weighted by molar-refractivity contribution is 5.97. The zero-order valence-corrected chi connectivity index (χ0v) is 20.2. The van der Waals surface area contributed by atoms with Gasteiger partial charge < -0.3 is 26.6 Å². The van der Waals surface area contributed by atoms with Gasteiger partial charge in [-0.25, -0.2) is 9.37 Å². The number of benzene rings is 1. The van der Waals surface area contributed by atoms with Crippen molar-refractivity contribution >= 4 is 17.7 Å². The monoisotopic (exact) mass is 547 g/mol. The van der Waals surface area contributed by atoms with Gasteiger partial charge in [0, 0.05) is 22.9 Å². The molecule has 1 aromatic carbocycles. The van der Waals surface area contributed by atoms with Crippen LogP contribution in [0.2, 0.25) is 0 Å². The Bertz CT molecular complexity index is 1480. The number of primary amides is 2. The molecule has 0 aliphatic carbocycles. The molecule has 2 aromatic heterocycles. The highest BCUT2D eigenvalue weighted by Crippen LogP contribution is 2.47. The second kappa shape index (κ2) is 9.62. The van der Waals surface area contributed by atoms with Crippen molar-refractivity contribution in [2.24, 2.45) is 11.5 Å². The Kier molecular flexibility index (Phi) is 6.77. The molecule has 14 heteroatoms. The summed E-state index contributed by atoms with van der Waals surface area (Å²) < 4.78 is 62.4. The van der Waals surface area contributed by atoms with Gasteiger partial charge in [-0.2, -0.15) is 13.2 Å². The minimum absolute atomic E-state index is 0.0623. The summed E-state index contributed by atoms with van der Waals surface area (Å²) in [5, 5.41) is 13.0. The van der Waals surface area contributed by atoms with Gasteiger partial charge in [-0.1, -0.05) is 0 Å². The van der Waals surface area contributed by atoms with Gasteiger partial charge >= 0.3 is 6.18 Å².